The average Bonchev–Trinajstić information content (AvgIpc) is 4.05. The van der Waals surface area contributed by atoms with Crippen molar-refractivity contribution in [2.75, 3.05) is 31.0 Å². The number of thiazole rings is 1. The van der Waals surface area contributed by atoms with Crippen LogP contribution in [0.1, 0.15) is 75.0 Å². The van der Waals surface area contributed by atoms with Gasteiger partial charge in [0, 0.05) is 70.3 Å². The number of ether oxygens (including phenoxy) is 2. The van der Waals surface area contributed by atoms with Crippen molar-refractivity contribution >= 4 is 61.7 Å². The highest BCUT2D eigenvalue weighted by Crippen LogP contribution is 2.37. The van der Waals surface area contributed by atoms with Gasteiger partial charge < -0.3 is 35.0 Å². The minimum Gasteiger partial charge on any atom is -0.493 e. The number of β-amino-alcohol motifs (C(OH)–C–C–N with tert-alkyl or cyclic N) is 1. The van der Waals surface area contributed by atoms with Crippen LogP contribution in [0.3, 0.4) is 0 Å². The van der Waals surface area contributed by atoms with E-state index in [9.17, 15) is 37.5 Å². The van der Waals surface area contributed by atoms with Crippen LogP contribution in [0.4, 0.5) is 5.69 Å². The highest BCUT2D eigenvalue weighted by atomic mass is 32.2. The lowest BCUT2D eigenvalue weighted by Gasteiger charge is -2.37. The Bertz CT molecular complexity index is 3210. The maximum absolute atomic E-state index is 14.3. The predicted octanol–water partition coefficient (Wildman–Crippen LogP) is 6.35. The molecular formula is C53H62N8O10S2. The second-order valence-corrected chi connectivity index (χ2v) is 22.3. The third-order valence-corrected chi connectivity index (χ3v) is 15.7. The first-order chi connectivity index (χ1) is 34.7. The molecule has 3 atom stereocenters. The lowest BCUT2D eigenvalue weighted by molar-refractivity contribution is -0.144. The van der Waals surface area contributed by atoms with Gasteiger partial charge >= 0.3 is 5.69 Å². The van der Waals surface area contributed by atoms with Gasteiger partial charge in [-0.05, 0) is 79.1 Å². The number of aliphatic hydroxyl groups excluding tert-OH is 1. The van der Waals surface area contributed by atoms with Crippen LogP contribution >= 0.6 is 11.3 Å². The molecule has 4 aromatic carbocycles. The Hall–Kier alpha value is -7.03. The molecule has 8 rings (SSSR count). The molecule has 20 heteroatoms. The maximum Gasteiger partial charge on any atom is 0.328 e. The van der Waals surface area contributed by atoms with E-state index in [1.165, 1.54) is 44.4 Å². The Kier molecular flexibility index (Phi) is 15.5. The second-order valence-electron chi connectivity index (χ2n) is 19.7. The van der Waals surface area contributed by atoms with E-state index >= 15 is 0 Å². The topological polar surface area (TPSA) is 224 Å². The van der Waals surface area contributed by atoms with Crippen LogP contribution in [-0.4, -0.2) is 105 Å². The van der Waals surface area contributed by atoms with E-state index in [2.05, 4.69) is 20.3 Å². The summed E-state index contributed by atoms with van der Waals surface area (Å²) in [5.74, 6) is -1.15. The Morgan fingerprint density at radius 1 is 0.904 bits per heavy atom. The summed E-state index contributed by atoms with van der Waals surface area (Å²) in [6.07, 6.45) is 0.488. The summed E-state index contributed by atoms with van der Waals surface area (Å²) in [5, 5.41) is 16.6. The SMILES string of the molecule is CCCOc1cccc(Oc2cc3c(cc2NS(=O)(=O)c2cccc(C(=O)N4CCC(C(=O)NC(C(=O)N5C[C@H](O)C[C@H]5C(=O)NCc5ccc(-c6scnc6C)cc5)C(C)(C)C)CC4)c2)n(C)c(=O)n3C)c1. The summed E-state index contributed by atoms with van der Waals surface area (Å²) >= 11 is 1.56. The minimum absolute atomic E-state index is 0.0541. The van der Waals surface area contributed by atoms with Gasteiger partial charge in [0.1, 0.15) is 23.6 Å². The smallest absolute Gasteiger partial charge is 0.328 e. The number of sulfonamides is 1. The number of benzene rings is 4. The third-order valence-electron chi connectivity index (χ3n) is 13.4. The normalized spacial score (nSPS) is 16.8. The Labute approximate surface area is 428 Å². The number of aryl methyl sites for hydroxylation is 3. The number of carbonyl (C=O) groups is 4. The van der Waals surface area contributed by atoms with Gasteiger partial charge in [0.25, 0.3) is 15.9 Å². The van der Waals surface area contributed by atoms with Crippen LogP contribution in [0.2, 0.25) is 0 Å². The number of aromatic nitrogens is 3. The number of fused-ring (bicyclic) bond motifs is 1. The van der Waals surface area contributed by atoms with Crippen molar-refractivity contribution in [1.82, 2.24) is 34.6 Å². The van der Waals surface area contributed by atoms with Gasteiger partial charge in [0.05, 0.1) is 50.4 Å². The predicted molar refractivity (Wildman–Crippen MR) is 278 cm³/mol. The Morgan fingerprint density at radius 3 is 2.26 bits per heavy atom. The fourth-order valence-electron chi connectivity index (χ4n) is 9.23. The van der Waals surface area contributed by atoms with Crippen LogP contribution in [0, 0.1) is 18.3 Å². The molecule has 2 saturated heterocycles. The third kappa shape index (κ3) is 11.6. The van der Waals surface area contributed by atoms with Crippen molar-refractivity contribution in [1.29, 1.82) is 0 Å². The zero-order valence-electron chi connectivity index (χ0n) is 42.0. The van der Waals surface area contributed by atoms with Gasteiger partial charge in [-0.15, -0.1) is 11.3 Å². The molecule has 6 aromatic rings. The molecule has 0 bridgehead atoms. The molecule has 2 aromatic heterocycles. The average molecular weight is 1040 g/mol. The number of piperidine rings is 1. The first-order valence-corrected chi connectivity index (χ1v) is 26.7. The van der Waals surface area contributed by atoms with Crippen molar-refractivity contribution < 1.29 is 42.2 Å². The molecule has 4 heterocycles. The monoisotopic (exact) mass is 1030 g/mol. The number of amides is 4. The molecule has 2 aliphatic heterocycles. The second kappa shape index (κ2) is 21.6. The molecule has 2 fully saturated rings. The number of imidazole rings is 1. The molecule has 4 N–H and O–H groups in total. The van der Waals surface area contributed by atoms with Crippen LogP contribution in [0.25, 0.3) is 21.5 Å². The Morgan fingerprint density at radius 2 is 1.59 bits per heavy atom. The number of aliphatic hydroxyl groups is 1. The summed E-state index contributed by atoms with van der Waals surface area (Å²) in [6, 6.07) is 21.5. The van der Waals surface area contributed by atoms with E-state index in [1.54, 1.807) is 66.2 Å². The lowest BCUT2D eigenvalue weighted by Crippen LogP contribution is -2.58. The summed E-state index contributed by atoms with van der Waals surface area (Å²) in [6.45, 7) is 10.4. The summed E-state index contributed by atoms with van der Waals surface area (Å²) < 4.78 is 45.8. The van der Waals surface area contributed by atoms with E-state index in [0.717, 1.165) is 28.1 Å². The number of anilines is 1. The molecule has 0 radical (unpaired) electrons. The van der Waals surface area contributed by atoms with Gasteiger partial charge in [0.15, 0.2) is 5.75 Å². The molecule has 0 aliphatic carbocycles. The number of nitrogens with zero attached hydrogens (tertiary/aromatic N) is 5. The van der Waals surface area contributed by atoms with Crippen molar-refractivity contribution in [3.05, 3.63) is 118 Å². The fourth-order valence-corrected chi connectivity index (χ4v) is 11.2. The maximum atomic E-state index is 14.3. The summed E-state index contributed by atoms with van der Waals surface area (Å²) in [5.41, 5.74) is 4.69. The summed E-state index contributed by atoms with van der Waals surface area (Å²) in [7, 11) is -1.16. The molecule has 1 unspecified atom stereocenters. The van der Waals surface area contributed by atoms with E-state index < -0.39 is 57.3 Å². The number of carbonyl (C=O) groups excluding carboxylic acids is 4. The number of nitrogens with one attached hydrogen (secondary N) is 3. The molecule has 0 saturated carbocycles. The van der Waals surface area contributed by atoms with Crippen molar-refractivity contribution in [2.24, 2.45) is 25.4 Å². The van der Waals surface area contributed by atoms with E-state index in [4.69, 9.17) is 9.47 Å². The van der Waals surface area contributed by atoms with Gasteiger partial charge in [0.2, 0.25) is 17.7 Å². The molecular weight excluding hydrogens is 973 g/mol. The minimum atomic E-state index is -4.35. The molecule has 73 heavy (non-hydrogen) atoms. The van der Waals surface area contributed by atoms with Gasteiger partial charge in [-0.2, -0.15) is 0 Å². The van der Waals surface area contributed by atoms with E-state index in [-0.39, 0.29) is 78.9 Å². The van der Waals surface area contributed by atoms with Crippen LogP contribution in [0.5, 0.6) is 17.2 Å². The highest BCUT2D eigenvalue weighted by Gasteiger charge is 2.45. The van der Waals surface area contributed by atoms with Gasteiger partial charge in [-0.3, -0.25) is 33.0 Å². The Balaban J connectivity index is 0.901. The zero-order valence-corrected chi connectivity index (χ0v) is 43.6. The lowest BCUT2D eigenvalue weighted by atomic mass is 9.84. The number of rotatable bonds is 16. The molecule has 2 aliphatic rings. The van der Waals surface area contributed by atoms with Crippen LogP contribution in [0.15, 0.2) is 100 Å². The molecule has 0 spiro atoms. The molecule has 18 nitrogen and oxygen atoms in total. The molecule has 386 valence electrons. The van der Waals surface area contributed by atoms with Gasteiger partial charge in [-0.25, -0.2) is 18.2 Å². The first-order valence-electron chi connectivity index (χ1n) is 24.3. The van der Waals surface area contributed by atoms with Crippen molar-refractivity contribution in [3.8, 4) is 27.7 Å². The van der Waals surface area contributed by atoms with Crippen molar-refractivity contribution in [3.63, 3.8) is 0 Å². The standard InChI is InChI=1S/C53H62N8O10S2/c1-8-23-70-38-12-10-13-39(26-38)71-45-28-43-42(58(6)52(67)59(43)7)27-41(45)57-73(68,69)40-14-9-11-36(24-40)50(65)60-21-19-35(20-22-60)48(63)56-47(53(3,4)5)51(66)61-30-37(62)25-44(61)49(64)54-29-33-15-17-34(18-16-33)46-32(2)55-31-72-46/h9-18,24,26-28,31,35,37,44,47,57,62H,8,19-23,25,29-30H2,1-7H3,(H,54,64)(H,56,63)/t37-,44+,47?/m1/s1. The summed E-state index contributed by atoms with van der Waals surface area (Å²) in [4.78, 5) is 76.9. The highest BCUT2D eigenvalue weighted by molar-refractivity contribution is 7.92. The number of likely N-dealkylation sites (tertiary alicyclic amines) is 2. The fraction of sp³-hybridized carbons (Fsp3) is 0.396. The quantitative estimate of drug-likeness (QED) is 0.0836. The number of hydrogen-bond donors (Lipinski definition) is 4. The first kappa shape index (κ1) is 52.3. The number of hydrogen-bond acceptors (Lipinski definition) is 12. The molecule has 4 amide bonds. The van der Waals surface area contributed by atoms with Crippen LogP contribution in [-0.2, 0) is 45.0 Å². The zero-order chi connectivity index (χ0) is 52.4. The van der Waals surface area contributed by atoms with Crippen molar-refractivity contribution in [2.45, 2.75) is 89.9 Å². The largest absolute Gasteiger partial charge is 0.493 e. The van der Waals surface area contributed by atoms with Gasteiger partial charge in [-0.1, -0.05) is 64.1 Å². The van der Waals surface area contributed by atoms with E-state index in [0.29, 0.717) is 29.1 Å². The van der Waals surface area contributed by atoms with E-state index in [1.807, 2.05) is 58.9 Å². The van der Waals surface area contributed by atoms with Crippen LogP contribution < -0.4 is 30.5 Å².